The van der Waals surface area contributed by atoms with Gasteiger partial charge in [-0.05, 0) is 0 Å². The van der Waals surface area contributed by atoms with Crippen molar-refractivity contribution in [2.24, 2.45) is 0 Å². The van der Waals surface area contributed by atoms with Gasteiger partial charge in [-0.15, -0.1) is 0 Å². The summed E-state index contributed by atoms with van der Waals surface area (Å²) in [6, 6.07) is 0. The first kappa shape index (κ1) is 28.6. The zero-order chi connectivity index (χ0) is 30.1. The predicted molar refractivity (Wildman–Crippen MR) is 135 cm³/mol. The lowest BCUT2D eigenvalue weighted by atomic mass is 10.1. The summed E-state index contributed by atoms with van der Waals surface area (Å²) in [6.45, 7) is -1.47. The number of anilines is 2. The fourth-order valence-electron chi connectivity index (χ4n) is 5.17. The summed E-state index contributed by atoms with van der Waals surface area (Å²) in [7, 11) is -10.3. The molecule has 21 nitrogen and oxygen atoms in total. The number of phosphoric ester groups is 2. The smallest absolute Gasteiger partial charge is 0.268 e. The molecule has 3 aliphatic heterocycles. The second-order valence-electron chi connectivity index (χ2n) is 9.79. The Hall–Kier alpha value is -3.20. The molecule has 7 heterocycles. The van der Waals surface area contributed by atoms with E-state index >= 15 is 0 Å². The number of imidazole rings is 2. The normalized spacial score (nSPS) is 37.1. The van der Waals surface area contributed by atoms with Crippen molar-refractivity contribution < 1.29 is 51.6 Å². The Kier molecular flexibility index (Phi) is 6.95. The van der Waals surface area contributed by atoms with Gasteiger partial charge in [0.05, 0.1) is 32.0 Å². The molecule has 2 unspecified atom stereocenters. The van der Waals surface area contributed by atoms with Gasteiger partial charge in [0.1, 0.15) is 54.3 Å². The van der Waals surface area contributed by atoms with Crippen LogP contribution in [0.25, 0.3) is 22.3 Å². The quantitative estimate of drug-likeness (QED) is 0.202. The van der Waals surface area contributed by atoms with Crippen molar-refractivity contribution in [1.29, 1.82) is 0 Å². The highest BCUT2D eigenvalue weighted by Gasteiger charge is 2.49. The number of phosphoric acid groups is 2. The van der Waals surface area contributed by atoms with E-state index in [-0.39, 0.29) is 34.7 Å². The molecular weight excluding hydrogens is 618 g/mol. The van der Waals surface area contributed by atoms with Crippen LogP contribution < -0.4 is 21.3 Å². The molecule has 3 aliphatic rings. The topological polar surface area (TPSA) is 295 Å². The predicted octanol–water partition coefficient (Wildman–Crippen LogP) is -1.87. The van der Waals surface area contributed by atoms with E-state index in [0.29, 0.717) is 5.65 Å². The van der Waals surface area contributed by atoms with Crippen LogP contribution in [0.1, 0.15) is 18.9 Å². The Morgan fingerprint density at radius 3 is 2.05 bits per heavy atom. The van der Waals surface area contributed by atoms with E-state index < -0.39 is 71.8 Å². The van der Waals surface area contributed by atoms with Gasteiger partial charge in [0.2, 0.25) is 0 Å². The molecule has 5 N–H and O–H groups in total. The third-order valence-corrected chi connectivity index (χ3v) is 9.12. The van der Waals surface area contributed by atoms with Gasteiger partial charge < -0.3 is 53.9 Å². The zero-order valence-electron chi connectivity index (χ0n) is 21.6. The third kappa shape index (κ3) is 5.17. The number of fused-ring (bicyclic) bond motifs is 5. The second-order valence-corrected chi connectivity index (χ2v) is 12.5. The lowest BCUT2D eigenvalue weighted by Gasteiger charge is -2.31. The van der Waals surface area contributed by atoms with E-state index in [1.807, 2.05) is 0 Å². The van der Waals surface area contributed by atoms with Crippen LogP contribution in [0.15, 0.2) is 25.3 Å². The molecule has 0 saturated carbocycles. The van der Waals surface area contributed by atoms with Crippen LogP contribution >= 0.6 is 15.6 Å². The second kappa shape index (κ2) is 10.5. The number of rotatable bonds is 2. The molecule has 3 saturated heterocycles. The molecule has 23 heteroatoms. The average molecular weight is 640 g/mol. The Morgan fingerprint density at radius 2 is 1.37 bits per heavy atom. The lowest BCUT2D eigenvalue weighted by Crippen LogP contribution is -2.36. The van der Waals surface area contributed by atoms with Gasteiger partial charge in [-0.25, -0.2) is 29.9 Å². The maximum Gasteiger partial charge on any atom is 0.268 e. The van der Waals surface area contributed by atoms with E-state index in [1.165, 1.54) is 28.1 Å². The van der Waals surface area contributed by atoms with Crippen molar-refractivity contribution in [2.45, 2.75) is 49.4 Å². The SMILES string of the molecule is Nc1ncnc2c1ncn2[C@@H]1O[C@@H]2COP(=O)([O-])O[C@H]3C[C@H](n4cnc5c(N)ncnc54)O[C@@H]3COP(=O)([O-])O[C@@H]1[C@@H]2O. The molecule has 0 radical (unpaired) electrons. The fourth-order valence-corrected chi connectivity index (χ4v) is 7.03. The van der Waals surface area contributed by atoms with Crippen molar-refractivity contribution in [3.8, 4) is 0 Å². The van der Waals surface area contributed by atoms with Gasteiger partial charge in [-0.2, -0.15) is 0 Å². The fraction of sp³-hybridized carbons (Fsp3) is 0.500. The van der Waals surface area contributed by atoms with Crippen LogP contribution in [0.3, 0.4) is 0 Å². The molecule has 2 bridgehead atoms. The first-order chi connectivity index (χ1) is 20.5. The van der Waals surface area contributed by atoms with Crippen molar-refractivity contribution in [3.63, 3.8) is 0 Å². The molecule has 43 heavy (non-hydrogen) atoms. The van der Waals surface area contributed by atoms with Crippen LogP contribution in [0.4, 0.5) is 11.6 Å². The first-order valence-electron chi connectivity index (χ1n) is 12.6. The Labute approximate surface area is 239 Å². The van der Waals surface area contributed by atoms with Gasteiger partial charge in [0, 0.05) is 6.42 Å². The van der Waals surface area contributed by atoms with Gasteiger partial charge >= 0.3 is 0 Å². The number of aromatic nitrogens is 8. The minimum atomic E-state index is -5.21. The maximum absolute atomic E-state index is 13.0. The molecule has 4 aromatic rings. The van der Waals surface area contributed by atoms with Crippen molar-refractivity contribution in [2.75, 3.05) is 24.7 Å². The standard InChI is InChI=1S/C20H24N10O11P2/c21-16-12-18(25-4-23-16)29(6-27-12)11-1-8-9(38-11)2-36-43(34,35)41-15-14(31)10(3-37-42(32,33)40-8)39-20(15)30-7-28-13-17(22)24-5-26-19(13)30/h4-11,14-15,20,31H,1-3H2,(H,32,33)(H,34,35)(H2,21,23,25)(H2,22,24,26)/p-2/t8-,9+,10+,11+,14+,15+,20+/m0/s1. The highest BCUT2D eigenvalue weighted by atomic mass is 31.2. The molecule has 0 spiro atoms. The lowest BCUT2D eigenvalue weighted by molar-refractivity contribution is -0.239. The van der Waals surface area contributed by atoms with E-state index in [1.54, 1.807) is 0 Å². The van der Waals surface area contributed by atoms with Crippen molar-refractivity contribution in [1.82, 2.24) is 39.0 Å². The summed E-state index contributed by atoms with van der Waals surface area (Å²) < 4.78 is 61.1. The van der Waals surface area contributed by atoms with Gasteiger partial charge in [0.25, 0.3) is 15.6 Å². The van der Waals surface area contributed by atoms with Gasteiger partial charge in [0.15, 0.2) is 29.2 Å². The van der Waals surface area contributed by atoms with Crippen molar-refractivity contribution in [3.05, 3.63) is 25.3 Å². The molecule has 3 fully saturated rings. The Morgan fingerprint density at radius 1 is 0.791 bits per heavy atom. The third-order valence-electron chi connectivity index (χ3n) is 7.16. The maximum atomic E-state index is 13.0. The van der Waals surface area contributed by atoms with E-state index in [2.05, 4.69) is 29.9 Å². The Balaban J connectivity index is 1.18. The summed E-state index contributed by atoms with van der Waals surface area (Å²) in [4.78, 5) is 50.2. The Bertz CT molecular complexity index is 1790. The number of nitrogen functional groups attached to an aromatic ring is 2. The largest absolute Gasteiger partial charge is 0.756 e. The molecule has 230 valence electrons. The number of hydrogen-bond donors (Lipinski definition) is 3. The molecule has 0 amide bonds. The van der Waals surface area contributed by atoms with E-state index in [4.69, 9.17) is 39.0 Å². The summed E-state index contributed by atoms with van der Waals surface area (Å²) in [6.07, 6.45) is -4.70. The molecule has 7 rings (SSSR count). The number of nitrogens with zero attached hydrogens (tertiary/aromatic N) is 8. The van der Waals surface area contributed by atoms with Crippen LogP contribution in [0.5, 0.6) is 0 Å². The average Bonchev–Trinajstić information content (AvgIpc) is 3.72. The highest BCUT2D eigenvalue weighted by Crippen LogP contribution is 2.51. The first-order valence-corrected chi connectivity index (χ1v) is 15.5. The van der Waals surface area contributed by atoms with Crippen LogP contribution in [-0.4, -0.2) is 87.9 Å². The number of aliphatic hydroxyl groups excluding tert-OH is 1. The monoisotopic (exact) mass is 640 g/mol. The molecule has 0 aromatic carbocycles. The summed E-state index contributed by atoms with van der Waals surface area (Å²) in [5.41, 5.74) is 12.6. The summed E-state index contributed by atoms with van der Waals surface area (Å²) in [5.74, 6) is 0.149. The van der Waals surface area contributed by atoms with Crippen LogP contribution in [0.2, 0.25) is 0 Å². The van der Waals surface area contributed by atoms with Crippen molar-refractivity contribution >= 4 is 49.6 Å². The molecule has 4 aromatic heterocycles. The van der Waals surface area contributed by atoms with E-state index in [9.17, 15) is 24.0 Å². The van der Waals surface area contributed by atoms with Crippen LogP contribution in [0, 0.1) is 0 Å². The molecule has 0 aliphatic carbocycles. The minimum absolute atomic E-state index is 0.0353. The molecular formula is C20H22N10O11P2-2. The molecule has 9 atom stereocenters. The van der Waals surface area contributed by atoms with Crippen LogP contribution in [-0.2, 0) is 36.7 Å². The number of nitrogens with two attached hydrogens (primary N) is 2. The highest BCUT2D eigenvalue weighted by molar-refractivity contribution is 7.46. The summed E-state index contributed by atoms with van der Waals surface area (Å²) >= 11 is 0. The van der Waals surface area contributed by atoms with E-state index in [0.717, 1.165) is 6.33 Å². The number of ether oxygens (including phenoxy) is 2. The van der Waals surface area contributed by atoms with Gasteiger partial charge in [-0.1, -0.05) is 0 Å². The number of aliphatic hydroxyl groups is 1. The number of hydrogen-bond acceptors (Lipinski definition) is 19. The summed E-state index contributed by atoms with van der Waals surface area (Å²) in [5, 5.41) is 10.9. The zero-order valence-corrected chi connectivity index (χ0v) is 23.4. The minimum Gasteiger partial charge on any atom is -0.756 e. The van der Waals surface area contributed by atoms with Gasteiger partial charge in [-0.3, -0.25) is 18.3 Å².